The van der Waals surface area contributed by atoms with Gasteiger partial charge in [-0.1, -0.05) is 0 Å². The lowest BCUT2D eigenvalue weighted by Gasteiger charge is -2.14. The topological polar surface area (TPSA) is 122 Å². The van der Waals surface area contributed by atoms with Crippen molar-refractivity contribution in [3.05, 3.63) is 28.5 Å². The second kappa shape index (κ2) is 6.83. The van der Waals surface area contributed by atoms with Crippen molar-refractivity contribution < 1.29 is 19.5 Å². The molecule has 8 heteroatoms. The Balaban J connectivity index is 2.74. The van der Waals surface area contributed by atoms with Crippen molar-refractivity contribution in [3.8, 4) is 0 Å². The van der Waals surface area contributed by atoms with Gasteiger partial charge < -0.3 is 16.2 Å². The van der Waals surface area contributed by atoms with Crippen LogP contribution in [-0.4, -0.2) is 33.9 Å². The Hall–Kier alpha value is -1.96. The molecule has 4 N–H and O–H groups in total. The van der Waals surface area contributed by atoms with Gasteiger partial charge in [-0.15, -0.1) is 0 Å². The fourth-order valence-corrected chi connectivity index (χ4v) is 1.77. The monoisotopic (exact) mass is 329 g/mol. The van der Waals surface area contributed by atoms with Gasteiger partial charge in [0.2, 0.25) is 5.91 Å². The average molecular weight is 330 g/mol. The van der Waals surface area contributed by atoms with Crippen LogP contribution in [-0.2, 0) is 9.59 Å². The lowest BCUT2D eigenvalue weighted by atomic mass is 10.1. The number of primary amides is 1. The number of nitrogens with two attached hydrogens (primary N) is 1. The van der Waals surface area contributed by atoms with Crippen LogP contribution in [0.3, 0.4) is 0 Å². The zero-order chi connectivity index (χ0) is 14.4. The Bertz CT molecular complexity index is 506. The smallest absolute Gasteiger partial charge is 0.326 e. The molecule has 1 aromatic heterocycles. The van der Waals surface area contributed by atoms with Crippen LogP contribution in [0.1, 0.15) is 23.2 Å². The average Bonchev–Trinajstić information content (AvgIpc) is 2.34. The van der Waals surface area contributed by atoms with E-state index in [1.54, 1.807) is 6.07 Å². The van der Waals surface area contributed by atoms with Crippen molar-refractivity contribution in [2.45, 2.75) is 18.9 Å². The number of nitrogens with zero attached hydrogens (tertiary/aromatic N) is 1. The molecule has 1 heterocycles. The molecule has 1 rings (SSSR count). The van der Waals surface area contributed by atoms with Crippen LogP contribution in [0, 0.1) is 0 Å². The van der Waals surface area contributed by atoms with Crippen LogP contribution in [0.2, 0.25) is 0 Å². The number of hydrogen-bond donors (Lipinski definition) is 3. The number of carbonyl (C=O) groups excluding carboxylic acids is 2. The van der Waals surface area contributed by atoms with Crippen LogP contribution in [0.15, 0.2) is 22.9 Å². The Kier molecular flexibility index (Phi) is 5.43. The third-order valence-corrected chi connectivity index (χ3v) is 2.92. The molecular formula is C11H12BrN3O4. The second-order valence-electron chi connectivity index (χ2n) is 3.71. The molecule has 7 nitrogen and oxygen atoms in total. The first kappa shape index (κ1) is 15.1. The zero-order valence-electron chi connectivity index (χ0n) is 9.80. The summed E-state index contributed by atoms with van der Waals surface area (Å²) in [6, 6.07) is 1.88. The predicted octanol–water partition coefficient (Wildman–Crippen LogP) is 0.293. The van der Waals surface area contributed by atoms with Gasteiger partial charge in [0.15, 0.2) is 0 Å². The molecule has 0 aliphatic heterocycles. The number of rotatable bonds is 6. The van der Waals surface area contributed by atoms with E-state index in [0.717, 1.165) is 0 Å². The highest BCUT2D eigenvalue weighted by molar-refractivity contribution is 9.10. The van der Waals surface area contributed by atoms with Crippen molar-refractivity contribution in [3.63, 3.8) is 0 Å². The maximum Gasteiger partial charge on any atom is 0.326 e. The minimum absolute atomic E-state index is 0.0612. The highest BCUT2D eigenvalue weighted by Crippen LogP contribution is 2.12. The van der Waals surface area contributed by atoms with Gasteiger partial charge in [-0.2, -0.15) is 0 Å². The first-order chi connectivity index (χ1) is 8.91. The van der Waals surface area contributed by atoms with Crippen molar-refractivity contribution >= 4 is 33.7 Å². The number of carboxylic acids is 1. The van der Waals surface area contributed by atoms with Crippen LogP contribution < -0.4 is 11.1 Å². The highest BCUT2D eigenvalue weighted by atomic mass is 79.9. The molecule has 0 fully saturated rings. The SMILES string of the molecule is NC(=O)CC[C@H](NC(=O)c1cccnc1Br)C(=O)O. The number of pyridine rings is 1. The van der Waals surface area contributed by atoms with Gasteiger partial charge in [-0.25, -0.2) is 9.78 Å². The van der Waals surface area contributed by atoms with Gasteiger partial charge in [-0.05, 0) is 34.5 Å². The van der Waals surface area contributed by atoms with Crippen LogP contribution in [0.4, 0.5) is 0 Å². The molecule has 0 saturated heterocycles. The summed E-state index contributed by atoms with van der Waals surface area (Å²) in [5, 5.41) is 11.3. The first-order valence-electron chi connectivity index (χ1n) is 5.34. The van der Waals surface area contributed by atoms with E-state index in [-0.39, 0.29) is 18.4 Å². The quantitative estimate of drug-likeness (QED) is 0.647. The molecule has 102 valence electrons. The molecule has 0 radical (unpaired) electrons. The fraction of sp³-hybridized carbons (Fsp3) is 0.273. The largest absolute Gasteiger partial charge is 0.480 e. The Morgan fingerprint density at radius 3 is 2.68 bits per heavy atom. The van der Waals surface area contributed by atoms with E-state index < -0.39 is 23.8 Å². The number of aliphatic carboxylic acids is 1. The maximum absolute atomic E-state index is 11.9. The molecule has 19 heavy (non-hydrogen) atoms. The van der Waals surface area contributed by atoms with Crippen molar-refractivity contribution in [2.24, 2.45) is 5.73 Å². The summed E-state index contributed by atoms with van der Waals surface area (Å²) in [5.74, 6) is -2.44. The molecule has 0 saturated carbocycles. The maximum atomic E-state index is 11.9. The van der Waals surface area contributed by atoms with Gasteiger partial charge in [0.05, 0.1) is 5.56 Å². The second-order valence-corrected chi connectivity index (χ2v) is 4.46. The van der Waals surface area contributed by atoms with Gasteiger partial charge in [0, 0.05) is 12.6 Å². The fourth-order valence-electron chi connectivity index (χ4n) is 1.34. The number of carboxylic acid groups (broad SMARTS) is 1. The molecular weight excluding hydrogens is 318 g/mol. The number of nitrogens with one attached hydrogen (secondary N) is 1. The highest BCUT2D eigenvalue weighted by Gasteiger charge is 2.22. The summed E-state index contributed by atoms with van der Waals surface area (Å²) in [5.41, 5.74) is 5.16. The summed E-state index contributed by atoms with van der Waals surface area (Å²) in [6.07, 6.45) is 1.31. The number of aromatic nitrogens is 1. The summed E-state index contributed by atoms with van der Waals surface area (Å²) in [6.45, 7) is 0. The summed E-state index contributed by atoms with van der Waals surface area (Å²) in [4.78, 5) is 37.3. The van der Waals surface area contributed by atoms with Crippen LogP contribution >= 0.6 is 15.9 Å². The molecule has 1 aromatic rings. The number of carbonyl (C=O) groups is 3. The zero-order valence-corrected chi connectivity index (χ0v) is 11.4. The van der Waals surface area contributed by atoms with Crippen molar-refractivity contribution in [1.82, 2.24) is 10.3 Å². The third kappa shape index (κ3) is 4.66. The number of hydrogen-bond acceptors (Lipinski definition) is 4. The van der Waals surface area contributed by atoms with E-state index in [4.69, 9.17) is 10.8 Å². The van der Waals surface area contributed by atoms with Gasteiger partial charge >= 0.3 is 5.97 Å². The van der Waals surface area contributed by atoms with Gasteiger partial charge in [0.25, 0.3) is 5.91 Å². The standard InChI is InChI=1S/C11H12BrN3O4/c12-9-6(2-1-5-14-9)10(17)15-7(11(18)19)3-4-8(13)16/h1-2,5,7H,3-4H2,(H2,13,16)(H,15,17)(H,18,19)/t7-/m0/s1. The Morgan fingerprint density at radius 1 is 1.47 bits per heavy atom. The lowest BCUT2D eigenvalue weighted by molar-refractivity contribution is -0.139. The molecule has 2 amide bonds. The molecule has 0 aliphatic carbocycles. The van der Waals surface area contributed by atoms with Crippen LogP contribution in [0.5, 0.6) is 0 Å². The van der Waals surface area contributed by atoms with Gasteiger partial charge in [0.1, 0.15) is 10.6 Å². The number of amides is 2. The number of halogens is 1. The Morgan fingerprint density at radius 2 is 2.16 bits per heavy atom. The third-order valence-electron chi connectivity index (χ3n) is 2.29. The molecule has 0 unspecified atom stereocenters. The van der Waals surface area contributed by atoms with E-state index in [9.17, 15) is 14.4 Å². The van der Waals surface area contributed by atoms with Crippen LogP contribution in [0.25, 0.3) is 0 Å². The minimum Gasteiger partial charge on any atom is -0.480 e. The summed E-state index contributed by atoms with van der Waals surface area (Å²) >= 11 is 3.09. The van der Waals surface area contributed by atoms with Crippen molar-refractivity contribution in [2.75, 3.05) is 0 Å². The predicted molar refractivity (Wildman–Crippen MR) is 69.3 cm³/mol. The molecule has 0 aliphatic rings. The van der Waals surface area contributed by atoms with Gasteiger partial charge in [-0.3, -0.25) is 9.59 Å². The van der Waals surface area contributed by atoms with E-state index in [1.807, 2.05) is 0 Å². The first-order valence-corrected chi connectivity index (χ1v) is 6.13. The van der Waals surface area contributed by atoms with E-state index in [1.165, 1.54) is 12.3 Å². The van der Waals surface area contributed by atoms with E-state index in [2.05, 4.69) is 26.2 Å². The normalized spacial score (nSPS) is 11.6. The van der Waals surface area contributed by atoms with Crippen molar-refractivity contribution in [1.29, 1.82) is 0 Å². The lowest BCUT2D eigenvalue weighted by Crippen LogP contribution is -2.41. The van der Waals surface area contributed by atoms with E-state index in [0.29, 0.717) is 4.60 Å². The Labute approximate surface area is 117 Å². The molecule has 0 aromatic carbocycles. The molecule has 1 atom stereocenters. The summed E-state index contributed by atoms with van der Waals surface area (Å²) < 4.78 is 0.312. The minimum atomic E-state index is -1.23. The van der Waals surface area contributed by atoms with E-state index >= 15 is 0 Å². The molecule has 0 bridgehead atoms. The molecule has 0 spiro atoms. The summed E-state index contributed by atoms with van der Waals surface area (Å²) in [7, 11) is 0.